The van der Waals surface area contributed by atoms with Crippen LogP contribution in [0.3, 0.4) is 0 Å². The molecule has 0 aliphatic carbocycles. The molecule has 140 valence electrons. The first-order valence-electron chi connectivity index (χ1n) is 9.20. The van der Waals surface area contributed by atoms with E-state index in [1.165, 1.54) is 11.1 Å². The highest BCUT2D eigenvalue weighted by Gasteiger charge is 2.18. The number of morpholine rings is 1. The van der Waals surface area contributed by atoms with Crippen LogP contribution in [0.4, 0.5) is 5.82 Å². The van der Waals surface area contributed by atoms with E-state index in [1.807, 2.05) is 6.07 Å². The van der Waals surface area contributed by atoms with Gasteiger partial charge < -0.3 is 19.5 Å². The maximum Gasteiger partial charge on any atom is 0.319 e. The third-order valence-electron chi connectivity index (χ3n) is 4.64. The number of benzene rings is 2. The van der Waals surface area contributed by atoms with Crippen molar-refractivity contribution >= 4 is 16.7 Å². The average molecular weight is 365 g/mol. The minimum absolute atomic E-state index is 0.0689. The predicted octanol–water partition coefficient (Wildman–Crippen LogP) is 2.81. The van der Waals surface area contributed by atoms with Gasteiger partial charge in [-0.1, -0.05) is 35.9 Å². The number of rotatable bonds is 5. The molecule has 0 amide bonds. The number of aromatic nitrogens is 2. The molecule has 4 rings (SSSR count). The number of fused-ring (bicyclic) bond motifs is 1. The van der Waals surface area contributed by atoms with Crippen molar-refractivity contribution in [2.45, 2.75) is 6.92 Å². The third-order valence-corrected chi connectivity index (χ3v) is 4.64. The number of aliphatic hydroxyl groups is 1. The maximum atomic E-state index is 9.04. The summed E-state index contributed by atoms with van der Waals surface area (Å²) in [6, 6.07) is 15.0. The van der Waals surface area contributed by atoms with Crippen LogP contribution in [0.25, 0.3) is 22.0 Å². The van der Waals surface area contributed by atoms with Crippen LogP contribution in [0.15, 0.2) is 42.5 Å². The molecule has 2 heterocycles. The summed E-state index contributed by atoms with van der Waals surface area (Å²) in [4.78, 5) is 11.4. The molecule has 1 N–H and O–H groups in total. The minimum atomic E-state index is -0.0689. The van der Waals surface area contributed by atoms with Crippen LogP contribution in [0, 0.1) is 6.92 Å². The third kappa shape index (κ3) is 3.86. The molecule has 0 bridgehead atoms. The van der Waals surface area contributed by atoms with Crippen molar-refractivity contribution in [1.82, 2.24) is 9.97 Å². The molecule has 1 aliphatic rings. The summed E-state index contributed by atoms with van der Waals surface area (Å²) in [5, 5.41) is 10.0. The van der Waals surface area contributed by atoms with Gasteiger partial charge in [-0.3, -0.25) is 0 Å². The largest absolute Gasteiger partial charge is 0.461 e. The summed E-state index contributed by atoms with van der Waals surface area (Å²) in [6.45, 7) is 5.11. The van der Waals surface area contributed by atoms with Gasteiger partial charge in [0.15, 0.2) is 0 Å². The molecule has 3 aromatic rings. The first-order valence-corrected chi connectivity index (χ1v) is 9.20. The highest BCUT2D eigenvalue weighted by molar-refractivity contribution is 5.93. The zero-order valence-electron chi connectivity index (χ0n) is 15.4. The SMILES string of the molecule is Cc1cccc(-c2ccc3nc(OCCO)nc(N4CCOCC4)c3c2)c1. The zero-order chi connectivity index (χ0) is 18.6. The standard InChI is InChI=1S/C21H23N3O3/c1-15-3-2-4-16(13-15)17-5-6-19-18(14-17)20(24-7-10-26-11-8-24)23-21(22-19)27-12-9-25/h2-6,13-14,25H,7-12H2,1H3. The lowest BCUT2D eigenvalue weighted by Gasteiger charge is -2.29. The smallest absolute Gasteiger partial charge is 0.319 e. The van der Waals surface area contributed by atoms with E-state index in [1.54, 1.807) is 0 Å². The van der Waals surface area contributed by atoms with E-state index in [9.17, 15) is 0 Å². The molecule has 1 aromatic heterocycles. The highest BCUT2D eigenvalue weighted by atomic mass is 16.5. The van der Waals surface area contributed by atoms with Gasteiger partial charge in [-0.2, -0.15) is 9.97 Å². The fourth-order valence-corrected chi connectivity index (χ4v) is 3.31. The summed E-state index contributed by atoms with van der Waals surface area (Å²) in [5.41, 5.74) is 4.36. The van der Waals surface area contributed by atoms with Crippen molar-refractivity contribution in [1.29, 1.82) is 0 Å². The molecule has 0 spiro atoms. The quantitative estimate of drug-likeness (QED) is 0.750. The predicted molar refractivity (Wildman–Crippen MR) is 105 cm³/mol. The first-order chi connectivity index (χ1) is 13.2. The molecule has 27 heavy (non-hydrogen) atoms. The van der Waals surface area contributed by atoms with Gasteiger partial charge >= 0.3 is 6.01 Å². The van der Waals surface area contributed by atoms with E-state index >= 15 is 0 Å². The van der Waals surface area contributed by atoms with Crippen molar-refractivity contribution in [3.8, 4) is 17.1 Å². The van der Waals surface area contributed by atoms with Gasteiger partial charge in [0.2, 0.25) is 0 Å². The van der Waals surface area contributed by atoms with Gasteiger partial charge in [-0.25, -0.2) is 0 Å². The second-order valence-electron chi connectivity index (χ2n) is 6.60. The lowest BCUT2D eigenvalue weighted by atomic mass is 10.0. The van der Waals surface area contributed by atoms with Gasteiger partial charge in [0, 0.05) is 18.5 Å². The van der Waals surface area contributed by atoms with Gasteiger partial charge in [0.05, 0.1) is 25.3 Å². The number of hydrogen-bond acceptors (Lipinski definition) is 6. The summed E-state index contributed by atoms with van der Waals surface area (Å²) >= 11 is 0. The van der Waals surface area contributed by atoms with E-state index in [4.69, 9.17) is 14.6 Å². The minimum Gasteiger partial charge on any atom is -0.461 e. The Bertz CT molecular complexity index is 939. The van der Waals surface area contributed by atoms with Crippen LogP contribution in [-0.4, -0.2) is 54.6 Å². The summed E-state index contributed by atoms with van der Waals surface area (Å²) in [5.74, 6) is 0.853. The molecule has 0 unspecified atom stereocenters. The number of aryl methyl sites for hydroxylation is 1. The molecule has 0 atom stereocenters. The van der Waals surface area contributed by atoms with Crippen LogP contribution in [-0.2, 0) is 4.74 Å². The van der Waals surface area contributed by atoms with Gasteiger partial charge in [-0.15, -0.1) is 0 Å². The van der Waals surface area contributed by atoms with E-state index in [-0.39, 0.29) is 13.2 Å². The molecule has 6 nitrogen and oxygen atoms in total. The summed E-state index contributed by atoms with van der Waals surface area (Å²) < 4.78 is 11.0. The van der Waals surface area contributed by atoms with Crippen LogP contribution in [0.1, 0.15) is 5.56 Å². The van der Waals surface area contributed by atoms with E-state index in [2.05, 4.69) is 58.2 Å². The molecular weight excluding hydrogens is 342 g/mol. The Morgan fingerprint density at radius 3 is 2.67 bits per heavy atom. The molecule has 6 heteroatoms. The lowest BCUT2D eigenvalue weighted by Crippen LogP contribution is -2.37. The fourth-order valence-electron chi connectivity index (χ4n) is 3.31. The first kappa shape index (κ1) is 17.7. The van der Waals surface area contributed by atoms with Crippen LogP contribution in [0.5, 0.6) is 6.01 Å². The van der Waals surface area contributed by atoms with Crippen LogP contribution >= 0.6 is 0 Å². The monoisotopic (exact) mass is 365 g/mol. The Kier molecular flexibility index (Phi) is 5.18. The maximum absolute atomic E-state index is 9.04. The van der Waals surface area contributed by atoms with Crippen molar-refractivity contribution < 1.29 is 14.6 Å². The van der Waals surface area contributed by atoms with Crippen molar-refractivity contribution in [2.24, 2.45) is 0 Å². The second-order valence-corrected chi connectivity index (χ2v) is 6.60. The van der Waals surface area contributed by atoms with Gasteiger partial charge in [0.25, 0.3) is 0 Å². The van der Waals surface area contributed by atoms with E-state index < -0.39 is 0 Å². The van der Waals surface area contributed by atoms with Gasteiger partial charge in [0.1, 0.15) is 12.4 Å². The van der Waals surface area contributed by atoms with E-state index in [0.29, 0.717) is 19.2 Å². The van der Waals surface area contributed by atoms with Crippen LogP contribution in [0.2, 0.25) is 0 Å². The molecule has 2 aromatic carbocycles. The molecule has 0 saturated carbocycles. The summed E-state index contributed by atoms with van der Waals surface area (Å²) in [6.07, 6.45) is 0. The Hall–Kier alpha value is -2.70. The Morgan fingerprint density at radius 2 is 1.89 bits per heavy atom. The topological polar surface area (TPSA) is 67.7 Å². The van der Waals surface area contributed by atoms with Gasteiger partial charge in [-0.05, 0) is 30.2 Å². The second kappa shape index (κ2) is 7.90. The number of anilines is 1. The molecule has 1 aliphatic heterocycles. The Labute approximate surface area is 158 Å². The molecular formula is C21H23N3O3. The Balaban J connectivity index is 1.82. The number of ether oxygens (including phenoxy) is 2. The lowest BCUT2D eigenvalue weighted by molar-refractivity contribution is 0.122. The van der Waals surface area contributed by atoms with Crippen molar-refractivity contribution in [2.75, 3.05) is 44.4 Å². The molecule has 1 saturated heterocycles. The van der Waals surface area contributed by atoms with E-state index in [0.717, 1.165) is 35.4 Å². The van der Waals surface area contributed by atoms with Crippen molar-refractivity contribution in [3.63, 3.8) is 0 Å². The Morgan fingerprint density at radius 1 is 1.07 bits per heavy atom. The van der Waals surface area contributed by atoms with Crippen molar-refractivity contribution in [3.05, 3.63) is 48.0 Å². The highest BCUT2D eigenvalue weighted by Crippen LogP contribution is 2.31. The number of hydrogen-bond donors (Lipinski definition) is 1. The zero-order valence-corrected chi connectivity index (χ0v) is 15.4. The molecule has 0 radical (unpaired) electrons. The number of nitrogens with zero attached hydrogens (tertiary/aromatic N) is 3. The summed E-state index contributed by atoms with van der Waals surface area (Å²) in [7, 11) is 0. The number of aliphatic hydroxyl groups excluding tert-OH is 1. The normalized spacial score (nSPS) is 14.5. The molecule has 1 fully saturated rings. The van der Waals surface area contributed by atoms with Crippen LogP contribution < -0.4 is 9.64 Å². The fraction of sp³-hybridized carbons (Fsp3) is 0.333. The average Bonchev–Trinajstić information content (AvgIpc) is 2.72.